The fourth-order valence-corrected chi connectivity index (χ4v) is 2.52. The van der Waals surface area contributed by atoms with Crippen molar-refractivity contribution in [1.82, 2.24) is 4.90 Å². The molecule has 114 valence electrons. The summed E-state index contributed by atoms with van der Waals surface area (Å²) in [6, 6.07) is 4.93. The number of hydrogen-bond acceptors (Lipinski definition) is 3. The highest BCUT2D eigenvalue weighted by molar-refractivity contribution is 5.84. The van der Waals surface area contributed by atoms with Gasteiger partial charge in [-0.05, 0) is 56.4 Å². The van der Waals surface area contributed by atoms with Gasteiger partial charge in [-0.3, -0.25) is 4.79 Å². The molecule has 21 heavy (non-hydrogen) atoms. The van der Waals surface area contributed by atoms with Gasteiger partial charge in [0, 0.05) is 6.54 Å². The van der Waals surface area contributed by atoms with Crippen LogP contribution in [0.3, 0.4) is 0 Å². The van der Waals surface area contributed by atoms with Crippen LogP contribution < -0.4 is 4.74 Å². The number of carbonyl (C=O) groups excluding carboxylic acids is 1. The summed E-state index contributed by atoms with van der Waals surface area (Å²) in [6.45, 7) is 4.36. The van der Waals surface area contributed by atoms with Gasteiger partial charge in [-0.15, -0.1) is 0 Å². The van der Waals surface area contributed by atoms with Crippen molar-refractivity contribution in [3.05, 3.63) is 29.3 Å². The van der Waals surface area contributed by atoms with E-state index in [-0.39, 0.29) is 12.5 Å². The van der Waals surface area contributed by atoms with E-state index in [9.17, 15) is 14.7 Å². The Labute approximate surface area is 124 Å². The number of nitrogens with zero attached hydrogens (tertiary/aromatic N) is 1. The van der Waals surface area contributed by atoms with E-state index in [1.807, 2.05) is 32.0 Å². The molecule has 1 fully saturated rings. The van der Waals surface area contributed by atoms with Gasteiger partial charge in [0.1, 0.15) is 11.8 Å². The summed E-state index contributed by atoms with van der Waals surface area (Å²) in [5.74, 6) is -0.565. The Morgan fingerprint density at radius 2 is 2.05 bits per heavy atom. The fraction of sp³-hybridized carbons (Fsp3) is 0.500. The number of hydrogen-bond donors (Lipinski definition) is 1. The zero-order chi connectivity index (χ0) is 15.4. The summed E-state index contributed by atoms with van der Waals surface area (Å²) in [5.41, 5.74) is 2.26. The predicted molar refractivity (Wildman–Crippen MR) is 78.4 cm³/mol. The number of piperidine rings is 1. The van der Waals surface area contributed by atoms with Crippen LogP contribution in [-0.2, 0) is 9.59 Å². The molecule has 0 aliphatic carbocycles. The van der Waals surface area contributed by atoms with Crippen LogP contribution in [0.25, 0.3) is 0 Å². The summed E-state index contributed by atoms with van der Waals surface area (Å²) in [4.78, 5) is 24.8. The highest BCUT2D eigenvalue weighted by Crippen LogP contribution is 2.19. The van der Waals surface area contributed by atoms with Crippen molar-refractivity contribution in [2.75, 3.05) is 13.2 Å². The van der Waals surface area contributed by atoms with Crippen LogP contribution in [0.2, 0.25) is 0 Å². The number of benzene rings is 1. The molecule has 0 aromatic heterocycles. The van der Waals surface area contributed by atoms with Crippen molar-refractivity contribution in [1.29, 1.82) is 0 Å². The number of carbonyl (C=O) groups is 2. The van der Waals surface area contributed by atoms with E-state index in [1.54, 1.807) is 0 Å². The Morgan fingerprint density at radius 1 is 1.29 bits per heavy atom. The number of rotatable bonds is 4. The quantitative estimate of drug-likeness (QED) is 0.923. The van der Waals surface area contributed by atoms with E-state index in [0.29, 0.717) is 18.7 Å². The average Bonchev–Trinajstić information content (AvgIpc) is 2.48. The van der Waals surface area contributed by atoms with Crippen LogP contribution in [0.4, 0.5) is 0 Å². The minimum Gasteiger partial charge on any atom is -0.484 e. The second kappa shape index (κ2) is 6.61. The van der Waals surface area contributed by atoms with Crippen LogP contribution in [0.15, 0.2) is 18.2 Å². The summed E-state index contributed by atoms with van der Waals surface area (Å²) < 4.78 is 5.50. The minimum absolute atomic E-state index is 0.119. The molecule has 0 spiro atoms. The van der Waals surface area contributed by atoms with Crippen LogP contribution in [0, 0.1) is 13.8 Å². The monoisotopic (exact) mass is 291 g/mol. The number of carboxylic acids is 1. The van der Waals surface area contributed by atoms with E-state index in [0.717, 1.165) is 24.0 Å². The summed E-state index contributed by atoms with van der Waals surface area (Å²) in [7, 11) is 0. The topological polar surface area (TPSA) is 66.8 Å². The second-order valence-electron chi connectivity index (χ2n) is 5.47. The molecule has 0 unspecified atom stereocenters. The zero-order valence-corrected chi connectivity index (χ0v) is 12.5. The van der Waals surface area contributed by atoms with Crippen LogP contribution in [-0.4, -0.2) is 41.1 Å². The molecule has 5 nitrogen and oxygen atoms in total. The molecular weight excluding hydrogens is 270 g/mol. The molecule has 0 saturated carbocycles. The Balaban J connectivity index is 1.96. The van der Waals surface area contributed by atoms with Gasteiger partial charge in [0.2, 0.25) is 0 Å². The van der Waals surface area contributed by atoms with Crippen LogP contribution in [0.5, 0.6) is 5.75 Å². The molecule has 1 N–H and O–H groups in total. The number of ether oxygens (including phenoxy) is 1. The van der Waals surface area contributed by atoms with Gasteiger partial charge in [-0.2, -0.15) is 0 Å². The van der Waals surface area contributed by atoms with Crippen LogP contribution >= 0.6 is 0 Å². The number of likely N-dealkylation sites (tertiary alicyclic amines) is 1. The standard InChI is InChI=1S/C16H21NO4/c1-11-6-7-13(9-12(11)2)21-10-15(18)17-8-4-3-5-14(17)16(19)20/h6-7,9,14H,3-5,8,10H2,1-2H3,(H,19,20)/t14-/m0/s1. The van der Waals surface area contributed by atoms with Gasteiger partial charge in [0.25, 0.3) is 5.91 Å². The molecule has 1 amide bonds. The van der Waals surface area contributed by atoms with E-state index in [1.165, 1.54) is 4.90 Å². The molecule has 1 aromatic rings. The molecule has 1 heterocycles. The summed E-state index contributed by atoms with van der Waals surface area (Å²) >= 11 is 0. The van der Waals surface area contributed by atoms with E-state index in [2.05, 4.69) is 0 Å². The Bertz CT molecular complexity index is 541. The molecular formula is C16H21NO4. The largest absolute Gasteiger partial charge is 0.484 e. The highest BCUT2D eigenvalue weighted by Gasteiger charge is 2.31. The van der Waals surface area contributed by atoms with Crippen molar-refractivity contribution < 1.29 is 19.4 Å². The first-order valence-corrected chi connectivity index (χ1v) is 7.21. The lowest BCUT2D eigenvalue weighted by Crippen LogP contribution is -2.49. The van der Waals surface area contributed by atoms with Gasteiger partial charge >= 0.3 is 5.97 Å². The zero-order valence-electron chi connectivity index (χ0n) is 12.5. The lowest BCUT2D eigenvalue weighted by atomic mass is 10.0. The van der Waals surface area contributed by atoms with E-state index in [4.69, 9.17) is 4.74 Å². The van der Waals surface area contributed by atoms with E-state index < -0.39 is 12.0 Å². The fourth-order valence-electron chi connectivity index (χ4n) is 2.52. The van der Waals surface area contributed by atoms with E-state index >= 15 is 0 Å². The van der Waals surface area contributed by atoms with Gasteiger partial charge in [0.15, 0.2) is 6.61 Å². The number of carboxylic acid groups (broad SMARTS) is 1. The Morgan fingerprint density at radius 3 is 2.71 bits per heavy atom. The summed E-state index contributed by atoms with van der Waals surface area (Å²) in [5, 5.41) is 9.18. The van der Waals surface area contributed by atoms with Crippen molar-refractivity contribution in [2.45, 2.75) is 39.2 Å². The Kier molecular flexibility index (Phi) is 4.83. The van der Waals surface area contributed by atoms with Gasteiger partial charge in [-0.1, -0.05) is 6.07 Å². The molecule has 1 saturated heterocycles. The lowest BCUT2D eigenvalue weighted by Gasteiger charge is -2.32. The SMILES string of the molecule is Cc1ccc(OCC(=O)N2CCCC[C@H]2C(=O)O)cc1C. The lowest BCUT2D eigenvalue weighted by molar-refractivity contribution is -0.152. The second-order valence-corrected chi connectivity index (χ2v) is 5.47. The molecule has 5 heteroatoms. The maximum Gasteiger partial charge on any atom is 0.326 e. The third-order valence-electron chi connectivity index (χ3n) is 3.95. The third-order valence-corrected chi connectivity index (χ3v) is 3.95. The minimum atomic E-state index is -0.936. The molecule has 1 aliphatic heterocycles. The first kappa shape index (κ1) is 15.4. The average molecular weight is 291 g/mol. The normalized spacial score (nSPS) is 18.4. The number of aryl methyl sites for hydroxylation is 2. The van der Waals surface area contributed by atoms with Crippen LogP contribution in [0.1, 0.15) is 30.4 Å². The first-order chi connectivity index (χ1) is 9.99. The molecule has 1 aliphatic rings. The molecule has 0 bridgehead atoms. The van der Waals surface area contributed by atoms with Crippen molar-refractivity contribution in [3.8, 4) is 5.75 Å². The maximum absolute atomic E-state index is 12.2. The number of aliphatic carboxylic acids is 1. The number of amides is 1. The van der Waals surface area contributed by atoms with Crippen molar-refractivity contribution in [3.63, 3.8) is 0 Å². The smallest absolute Gasteiger partial charge is 0.326 e. The molecule has 2 rings (SSSR count). The first-order valence-electron chi connectivity index (χ1n) is 7.21. The van der Waals surface area contributed by atoms with Gasteiger partial charge in [0.05, 0.1) is 0 Å². The predicted octanol–water partition coefficient (Wildman–Crippen LogP) is 2.15. The highest BCUT2D eigenvalue weighted by atomic mass is 16.5. The molecule has 0 radical (unpaired) electrons. The van der Waals surface area contributed by atoms with Crippen molar-refractivity contribution >= 4 is 11.9 Å². The van der Waals surface area contributed by atoms with Gasteiger partial charge in [-0.25, -0.2) is 4.79 Å². The van der Waals surface area contributed by atoms with Gasteiger partial charge < -0.3 is 14.7 Å². The molecule has 1 atom stereocenters. The Hall–Kier alpha value is -2.04. The maximum atomic E-state index is 12.2. The molecule has 1 aromatic carbocycles. The summed E-state index contributed by atoms with van der Waals surface area (Å²) in [6.07, 6.45) is 2.21. The van der Waals surface area contributed by atoms with Crippen molar-refractivity contribution in [2.24, 2.45) is 0 Å². The third kappa shape index (κ3) is 3.74.